The predicted octanol–water partition coefficient (Wildman–Crippen LogP) is 4.06. The van der Waals surface area contributed by atoms with E-state index in [0.717, 1.165) is 24.4 Å². The number of hydrogen-bond donors (Lipinski definition) is 1. The van der Waals surface area contributed by atoms with Crippen molar-refractivity contribution >= 4 is 0 Å². The maximum atomic E-state index is 3.87. The molecule has 0 amide bonds. The minimum absolute atomic E-state index is 0.335. The van der Waals surface area contributed by atoms with E-state index in [2.05, 4.69) is 37.9 Å². The molecular weight excluding hydrogens is 244 g/mol. The fourth-order valence-corrected chi connectivity index (χ4v) is 3.98. The fraction of sp³-hybridized carbons (Fsp3) is 1.00. The summed E-state index contributed by atoms with van der Waals surface area (Å²) in [5, 5.41) is 3.87. The SMILES string of the molecule is CC(C)CCCN1CC(C2CCCCC2)NCC1(C)C. The molecule has 1 saturated heterocycles. The standard InChI is InChI=1S/C18H36N2/c1-15(2)9-8-12-20-13-17(19-14-18(20,3)4)16-10-6-5-7-11-16/h15-17,19H,5-14H2,1-4H3. The Morgan fingerprint density at radius 2 is 1.85 bits per heavy atom. The van der Waals surface area contributed by atoms with Crippen molar-refractivity contribution in [3.63, 3.8) is 0 Å². The van der Waals surface area contributed by atoms with Gasteiger partial charge in [0.1, 0.15) is 0 Å². The first-order valence-corrected chi connectivity index (χ1v) is 8.97. The number of rotatable bonds is 5. The average molecular weight is 280 g/mol. The first-order chi connectivity index (χ1) is 9.49. The molecule has 0 spiro atoms. The molecule has 1 aliphatic carbocycles. The van der Waals surface area contributed by atoms with Gasteiger partial charge in [-0.15, -0.1) is 0 Å². The van der Waals surface area contributed by atoms with Gasteiger partial charge in [-0.05, 0) is 57.9 Å². The van der Waals surface area contributed by atoms with Crippen LogP contribution in [0, 0.1) is 11.8 Å². The van der Waals surface area contributed by atoms with Gasteiger partial charge in [0.15, 0.2) is 0 Å². The Morgan fingerprint density at radius 3 is 2.50 bits per heavy atom. The third-order valence-electron chi connectivity index (χ3n) is 5.50. The Bertz CT molecular complexity index is 279. The van der Waals surface area contributed by atoms with E-state index in [-0.39, 0.29) is 0 Å². The molecule has 2 aliphatic rings. The summed E-state index contributed by atoms with van der Waals surface area (Å²) in [5.41, 5.74) is 0.335. The van der Waals surface area contributed by atoms with E-state index in [9.17, 15) is 0 Å². The molecule has 1 N–H and O–H groups in total. The zero-order valence-electron chi connectivity index (χ0n) is 14.3. The molecule has 20 heavy (non-hydrogen) atoms. The molecule has 0 radical (unpaired) electrons. The zero-order valence-corrected chi connectivity index (χ0v) is 14.3. The van der Waals surface area contributed by atoms with Crippen molar-refractivity contribution in [3.8, 4) is 0 Å². The molecule has 0 aromatic heterocycles. The minimum Gasteiger partial charge on any atom is -0.311 e. The lowest BCUT2D eigenvalue weighted by Crippen LogP contribution is -2.63. The summed E-state index contributed by atoms with van der Waals surface area (Å²) in [5.74, 6) is 1.78. The van der Waals surface area contributed by atoms with Crippen LogP contribution in [0.1, 0.15) is 72.6 Å². The topological polar surface area (TPSA) is 15.3 Å². The molecule has 118 valence electrons. The second-order valence-corrected chi connectivity index (χ2v) is 8.18. The molecule has 0 bridgehead atoms. The van der Waals surface area contributed by atoms with E-state index >= 15 is 0 Å². The summed E-state index contributed by atoms with van der Waals surface area (Å²) in [6.07, 6.45) is 10.0. The molecule has 1 saturated carbocycles. The molecule has 1 heterocycles. The van der Waals surface area contributed by atoms with Crippen LogP contribution in [0.25, 0.3) is 0 Å². The smallest absolute Gasteiger partial charge is 0.0278 e. The first kappa shape index (κ1) is 16.3. The van der Waals surface area contributed by atoms with E-state index in [4.69, 9.17) is 0 Å². The van der Waals surface area contributed by atoms with Crippen molar-refractivity contribution in [2.75, 3.05) is 19.6 Å². The Balaban J connectivity index is 1.86. The van der Waals surface area contributed by atoms with E-state index in [1.807, 2.05) is 0 Å². The highest BCUT2D eigenvalue weighted by atomic mass is 15.3. The van der Waals surface area contributed by atoms with Gasteiger partial charge in [0.2, 0.25) is 0 Å². The largest absolute Gasteiger partial charge is 0.311 e. The monoisotopic (exact) mass is 280 g/mol. The second-order valence-electron chi connectivity index (χ2n) is 8.18. The number of hydrogen-bond acceptors (Lipinski definition) is 2. The molecule has 0 aromatic rings. The van der Waals surface area contributed by atoms with Gasteiger partial charge in [0.25, 0.3) is 0 Å². The third kappa shape index (κ3) is 4.46. The molecule has 0 aromatic carbocycles. The van der Waals surface area contributed by atoms with Crippen molar-refractivity contribution in [1.29, 1.82) is 0 Å². The minimum atomic E-state index is 0.335. The molecule has 1 atom stereocenters. The van der Waals surface area contributed by atoms with Crippen molar-refractivity contribution in [3.05, 3.63) is 0 Å². The summed E-state index contributed by atoms with van der Waals surface area (Å²) in [6.45, 7) is 13.2. The maximum absolute atomic E-state index is 3.87. The Labute approximate surface area is 126 Å². The normalized spacial score (nSPS) is 28.9. The van der Waals surface area contributed by atoms with Crippen molar-refractivity contribution in [2.24, 2.45) is 11.8 Å². The van der Waals surface area contributed by atoms with Crippen molar-refractivity contribution < 1.29 is 0 Å². The third-order valence-corrected chi connectivity index (χ3v) is 5.50. The summed E-state index contributed by atoms with van der Waals surface area (Å²) < 4.78 is 0. The van der Waals surface area contributed by atoms with Gasteiger partial charge in [-0.25, -0.2) is 0 Å². The lowest BCUT2D eigenvalue weighted by Gasteiger charge is -2.48. The summed E-state index contributed by atoms with van der Waals surface area (Å²) in [7, 11) is 0. The highest BCUT2D eigenvalue weighted by Crippen LogP contribution is 2.30. The maximum Gasteiger partial charge on any atom is 0.0278 e. The molecule has 2 heteroatoms. The van der Waals surface area contributed by atoms with Crippen LogP contribution >= 0.6 is 0 Å². The van der Waals surface area contributed by atoms with Gasteiger partial charge in [-0.1, -0.05) is 33.1 Å². The van der Waals surface area contributed by atoms with E-state index in [0.29, 0.717) is 5.54 Å². The van der Waals surface area contributed by atoms with E-state index in [1.165, 1.54) is 58.0 Å². The van der Waals surface area contributed by atoms with Crippen molar-refractivity contribution in [1.82, 2.24) is 10.2 Å². The second kappa shape index (κ2) is 7.26. The van der Waals surface area contributed by atoms with E-state index in [1.54, 1.807) is 0 Å². The van der Waals surface area contributed by atoms with Gasteiger partial charge < -0.3 is 5.32 Å². The summed E-state index contributed by atoms with van der Waals surface area (Å²) >= 11 is 0. The average Bonchev–Trinajstić information content (AvgIpc) is 2.41. The summed E-state index contributed by atoms with van der Waals surface area (Å²) in [6, 6.07) is 0.752. The van der Waals surface area contributed by atoms with Crippen LogP contribution in [0.15, 0.2) is 0 Å². The molecule has 2 fully saturated rings. The van der Waals surface area contributed by atoms with Crippen LogP contribution in [0.2, 0.25) is 0 Å². The Morgan fingerprint density at radius 1 is 1.15 bits per heavy atom. The van der Waals surface area contributed by atoms with Crippen LogP contribution in [0.3, 0.4) is 0 Å². The molecule has 2 nitrogen and oxygen atoms in total. The first-order valence-electron chi connectivity index (χ1n) is 8.97. The van der Waals surface area contributed by atoms with E-state index < -0.39 is 0 Å². The number of piperazine rings is 1. The van der Waals surface area contributed by atoms with Crippen LogP contribution in [-0.2, 0) is 0 Å². The molecule has 1 aliphatic heterocycles. The Kier molecular flexibility index (Phi) is 5.92. The highest BCUT2D eigenvalue weighted by molar-refractivity contribution is 4.95. The van der Waals surface area contributed by atoms with Gasteiger partial charge >= 0.3 is 0 Å². The van der Waals surface area contributed by atoms with Gasteiger partial charge in [-0.3, -0.25) is 4.90 Å². The van der Waals surface area contributed by atoms with Gasteiger partial charge in [-0.2, -0.15) is 0 Å². The Hall–Kier alpha value is -0.0800. The highest BCUT2D eigenvalue weighted by Gasteiger charge is 2.36. The lowest BCUT2D eigenvalue weighted by atomic mass is 9.81. The zero-order chi connectivity index (χ0) is 14.6. The van der Waals surface area contributed by atoms with Gasteiger partial charge in [0, 0.05) is 24.7 Å². The fourth-order valence-electron chi connectivity index (χ4n) is 3.98. The molecular formula is C18H36N2. The number of nitrogens with one attached hydrogen (secondary N) is 1. The summed E-state index contributed by atoms with van der Waals surface area (Å²) in [4.78, 5) is 2.77. The van der Waals surface area contributed by atoms with Crippen LogP contribution < -0.4 is 5.32 Å². The van der Waals surface area contributed by atoms with Gasteiger partial charge in [0.05, 0.1) is 0 Å². The lowest BCUT2D eigenvalue weighted by molar-refractivity contribution is 0.0421. The quantitative estimate of drug-likeness (QED) is 0.817. The molecule has 2 rings (SSSR count). The van der Waals surface area contributed by atoms with Crippen molar-refractivity contribution in [2.45, 2.75) is 84.2 Å². The van der Waals surface area contributed by atoms with Crippen LogP contribution in [0.5, 0.6) is 0 Å². The molecule has 1 unspecified atom stereocenters. The van der Waals surface area contributed by atoms with Crippen LogP contribution in [-0.4, -0.2) is 36.1 Å². The number of nitrogens with zero attached hydrogens (tertiary/aromatic N) is 1. The predicted molar refractivity (Wildman–Crippen MR) is 88.1 cm³/mol. The van der Waals surface area contributed by atoms with Crippen LogP contribution in [0.4, 0.5) is 0 Å².